The maximum absolute atomic E-state index is 0. The molecule has 0 fully saturated rings. The van der Waals surface area contributed by atoms with Crippen molar-refractivity contribution in [2.24, 2.45) is 0 Å². The Morgan fingerprint density at radius 1 is 1.00 bits per heavy atom. The van der Waals surface area contributed by atoms with Crippen molar-refractivity contribution in [1.82, 2.24) is 0 Å². The van der Waals surface area contributed by atoms with Crippen molar-refractivity contribution in [2.45, 2.75) is 0 Å². The summed E-state index contributed by atoms with van der Waals surface area (Å²) in [4.78, 5) is 0. The maximum atomic E-state index is 0. The van der Waals surface area contributed by atoms with Crippen LogP contribution in [0.3, 0.4) is 0 Å². The van der Waals surface area contributed by atoms with Gasteiger partial charge in [0, 0.05) is 48.6 Å². The van der Waals surface area contributed by atoms with Crippen LogP contribution in [0, 0.1) is 0 Å². The summed E-state index contributed by atoms with van der Waals surface area (Å²) >= 11 is 0. The minimum Gasteiger partial charge on any atom is 0 e. The van der Waals surface area contributed by atoms with Crippen LogP contribution in [-0.2, 0) is 48.6 Å². The van der Waals surface area contributed by atoms with E-state index in [2.05, 4.69) is 0 Å². The van der Waals surface area contributed by atoms with Crippen LogP contribution in [0.1, 0.15) is 0 Å². The van der Waals surface area contributed by atoms with Gasteiger partial charge in [0.2, 0.25) is 0 Å². The van der Waals surface area contributed by atoms with Gasteiger partial charge in [-0.3, -0.25) is 0 Å². The summed E-state index contributed by atoms with van der Waals surface area (Å²) in [5.41, 5.74) is 0. The molecule has 4 heavy (non-hydrogen) atoms. The van der Waals surface area contributed by atoms with Gasteiger partial charge in [0.25, 0.3) is 0 Å². The first-order valence-electron chi connectivity index (χ1n) is 0. The van der Waals surface area contributed by atoms with E-state index in [9.17, 15) is 0 Å². The van der Waals surface area contributed by atoms with Crippen LogP contribution in [0.25, 0.3) is 0 Å². The SMILES string of the molecule is P.[Ag].[NaH].[Zr]. The molecule has 0 spiro atoms. The smallest absolute Gasteiger partial charge is 0 e. The molecular weight excluding hydrogens is 253 g/mol. The van der Waals surface area contributed by atoms with Crippen LogP contribution in [-0.4, -0.2) is 29.6 Å². The second-order valence-corrected chi connectivity index (χ2v) is 0. The van der Waals surface area contributed by atoms with Crippen LogP contribution in [0.5, 0.6) is 0 Å². The van der Waals surface area contributed by atoms with E-state index in [1.807, 2.05) is 0 Å². The molecule has 0 saturated carbocycles. The molecule has 0 saturated heterocycles. The third-order valence-corrected chi connectivity index (χ3v) is 0. The summed E-state index contributed by atoms with van der Waals surface area (Å²) in [5.74, 6) is 0. The van der Waals surface area contributed by atoms with E-state index in [1.165, 1.54) is 0 Å². The van der Waals surface area contributed by atoms with Gasteiger partial charge in [-0.1, -0.05) is 0 Å². The Balaban J connectivity index is 0. The largest absolute Gasteiger partial charge is 0 e. The van der Waals surface area contributed by atoms with Crippen molar-refractivity contribution in [3.63, 3.8) is 0 Å². The van der Waals surface area contributed by atoms with Gasteiger partial charge in [0.1, 0.15) is 0 Å². The topological polar surface area (TPSA) is 0 Å². The second-order valence-electron chi connectivity index (χ2n) is 0. The minimum atomic E-state index is 0. The fraction of sp³-hybridized carbons (Fsp3) is 0. The molecule has 0 aromatic carbocycles. The van der Waals surface area contributed by atoms with E-state index < -0.39 is 0 Å². The molecule has 0 bridgehead atoms. The van der Waals surface area contributed by atoms with Crippen molar-refractivity contribution < 1.29 is 48.6 Å². The maximum Gasteiger partial charge on any atom is 0 e. The average molecular weight is 257 g/mol. The molecule has 0 aromatic heterocycles. The summed E-state index contributed by atoms with van der Waals surface area (Å²) in [6.45, 7) is 0. The standard InChI is InChI=1S/Ag.Na.H3P.Zr.H/h;;1H3;;. The molecule has 0 aliphatic carbocycles. The summed E-state index contributed by atoms with van der Waals surface area (Å²) in [6, 6.07) is 0. The zero-order valence-corrected chi connectivity index (χ0v) is 6.86. The predicted molar refractivity (Wildman–Crippen MR) is 18.3 cm³/mol. The van der Waals surface area contributed by atoms with E-state index in [4.69, 9.17) is 0 Å². The van der Waals surface area contributed by atoms with E-state index in [-0.39, 0.29) is 88.0 Å². The van der Waals surface area contributed by atoms with Gasteiger partial charge in [0.15, 0.2) is 0 Å². The summed E-state index contributed by atoms with van der Waals surface area (Å²) < 4.78 is 0. The quantitative estimate of drug-likeness (QED) is 0.402. The fourth-order valence-corrected chi connectivity index (χ4v) is 0. The monoisotopic (exact) mass is 255 g/mol. The van der Waals surface area contributed by atoms with E-state index >= 15 is 0 Å². The van der Waals surface area contributed by atoms with Gasteiger partial charge in [-0.05, 0) is 0 Å². The fourth-order valence-electron chi connectivity index (χ4n) is 0. The Labute approximate surface area is 86.4 Å². The summed E-state index contributed by atoms with van der Waals surface area (Å²) in [7, 11) is 0. The van der Waals surface area contributed by atoms with E-state index in [0.29, 0.717) is 0 Å². The Bertz CT molecular complexity index is 8.00. The van der Waals surface area contributed by atoms with Crippen LogP contribution < -0.4 is 0 Å². The molecule has 1 atom stereocenters. The first kappa shape index (κ1) is 27.7. The van der Waals surface area contributed by atoms with Gasteiger partial charge in [-0.25, -0.2) is 0 Å². The van der Waals surface area contributed by atoms with Crippen molar-refractivity contribution >= 4 is 39.5 Å². The number of hydrogen-bond donors (Lipinski definition) is 0. The Hall–Kier alpha value is 3.05. The normalized spacial score (nSPS) is 0. The van der Waals surface area contributed by atoms with Crippen molar-refractivity contribution in [2.75, 3.05) is 0 Å². The van der Waals surface area contributed by atoms with Gasteiger partial charge >= 0.3 is 29.6 Å². The number of hydrogen-bond acceptors (Lipinski definition) is 0. The summed E-state index contributed by atoms with van der Waals surface area (Å²) in [6.07, 6.45) is 0. The molecule has 0 rings (SSSR count). The first-order valence-corrected chi connectivity index (χ1v) is 0. The Morgan fingerprint density at radius 3 is 1.00 bits per heavy atom. The van der Waals surface area contributed by atoms with Crippen molar-refractivity contribution in [1.29, 1.82) is 0 Å². The Morgan fingerprint density at radius 2 is 1.00 bits per heavy atom. The Kier molecular flexibility index (Phi) is 115. The van der Waals surface area contributed by atoms with Crippen LogP contribution in [0.4, 0.5) is 0 Å². The molecule has 0 aliphatic rings. The van der Waals surface area contributed by atoms with E-state index in [0.717, 1.165) is 0 Å². The van der Waals surface area contributed by atoms with Gasteiger partial charge in [0.05, 0.1) is 0 Å². The number of rotatable bonds is 0. The molecule has 0 amide bonds. The van der Waals surface area contributed by atoms with Gasteiger partial charge < -0.3 is 0 Å². The van der Waals surface area contributed by atoms with Crippen molar-refractivity contribution in [3.05, 3.63) is 0 Å². The molecule has 0 aliphatic heterocycles. The molecule has 0 N–H and O–H groups in total. The molecule has 1 unspecified atom stereocenters. The van der Waals surface area contributed by atoms with Gasteiger partial charge in [-0.15, -0.1) is 0 Å². The third-order valence-electron chi connectivity index (χ3n) is 0. The van der Waals surface area contributed by atoms with Crippen LogP contribution >= 0.6 is 9.90 Å². The van der Waals surface area contributed by atoms with Crippen LogP contribution in [0.15, 0.2) is 0 Å². The van der Waals surface area contributed by atoms with Gasteiger partial charge in [-0.2, -0.15) is 9.90 Å². The first-order chi connectivity index (χ1) is 0. The zero-order valence-electron chi connectivity index (χ0n) is 1.51. The molecule has 1 radical (unpaired) electrons. The molecule has 0 nitrogen and oxygen atoms in total. The third kappa shape index (κ3) is 8.91. The molecule has 4 heteroatoms. The molecule has 25 valence electrons. The van der Waals surface area contributed by atoms with Crippen molar-refractivity contribution in [3.8, 4) is 0 Å². The zero-order chi connectivity index (χ0) is 0. The molecular formula is H4AgNaPZr. The molecule has 0 aromatic rings. The van der Waals surface area contributed by atoms with E-state index in [1.54, 1.807) is 0 Å². The molecule has 0 heterocycles. The average Bonchev–Trinajstić information content (AvgIpc) is 0. The van der Waals surface area contributed by atoms with Crippen LogP contribution in [0.2, 0.25) is 0 Å². The predicted octanol–water partition coefficient (Wildman–Crippen LogP) is -0.595. The second kappa shape index (κ2) is 16.6. The summed E-state index contributed by atoms with van der Waals surface area (Å²) in [5, 5.41) is 0. The minimum absolute atomic E-state index is 0.